The second kappa shape index (κ2) is 8.31. The summed E-state index contributed by atoms with van der Waals surface area (Å²) in [5.74, 6) is 0.374. The predicted octanol–water partition coefficient (Wildman–Crippen LogP) is 3.01. The average molecular weight is 351 g/mol. The Hall–Kier alpha value is -1.85. The molecule has 0 saturated heterocycles. The maximum Gasteiger partial charge on any atom is 0.255 e. The Kier molecular flexibility index (Phi) is 6.99. The van der Waals surface area contributed by atoms with Crippen molar-refractivity contribution in [3.63, 3.8) is 0 Å². The maximum absolute atomic E-state index is 12.4. The molecule has 24 heavy (non-hydrogen) atoms. The van der Waals surface area contributed by atoms with Gasteiger partial charge in [0.05, 0.1) is 11.3 Å². The van der Waals surface area contributed by atoms with E-state index in [1.54, 1.807) is 4.68 Å². The number of amides is 1. The molecule has 3 N–H and O–H groups in total. The molecule has 2 rings (SSSR count). The van der Waals surface area contributed by atoms with Crippen LogP contribution < -0.4 is 11.1 Å². The molecule has 0 radical (unpaired) electrons. The number of benzene rings is 1. The van der Waals surface area contributed by atoms with Gasteiger partial charge in [0.1, 0.15) is 0 Å². The van der Waals surface area contributed by atoms with Gasteiger partial charge in [-0.25, -0.2) is 0 Å². The Balaban J connectivity index is 0.00000288. The first-order chi connectivity index (χ1) is 10.8. The fourth-order valence-electron chi connectivity index (χ4n) is 2.64. The summed E-state index contributed by atoms with van der Waals surface area (Å²) in [4.78, 5) is 12.4. The van der Waals surface area contributed by atoms with Gasteiger partial charge in [-0.05, 0) is 30.9 Å². The third-order valence-corrected chi connectivity index (χ3v) is 4.25. The number of hydrogen-bond donors (Lipinski definition) is 2. The second-order valence-corrected chi connectivity index (χ2v) is 6.31. The molecule has 5 nitrogen and oxygen atoms in total. The number of carbonyl (C=O) groups excluding carboxylic acids is 1. The molecule has 0 spiro atoms. The highest BCUT2D eigenvalue weighted by Gasteiger charge is 2.18. The van der Waals surface area contributed by atoms with Crippen LogP contribution >= 0.6 is 12.4 Å². The van der Waals surface area contributed by atoms with Crippen LogP contribution in [0, 0.1) is 13.8 Å². The van der Waals surface area contributed by atoms with E-state index < -0.39 is 0 Å². The molecule has 1 unspecified atom stereocenters. The molecule has 1 heterocycles. The van der Waals surface area contributed by atoms with Crippen molar-refractivity contribution in [1.82, 2.24) is 15.1 Å². The Morgan fingerprint density at radius 1 is 1.21 bits per heavy atom. The lowest BCUT2D eigenvalue weighted by molar-refractivity contribution is 0.0950. The third-order valence-electron chi connectivity index (χ3n) is 4.25. The van der Waals surface area contributed by atoms with E-state index in [2.05, 4.69) is 36.4 Å². The van der Waals surface area contributed by atoms with Crippen LogP contribution in [-0.2, 0) is 7.05 Å². The SMILES string of the molecule is Cc1nn(C)c(C)c1C(=O)NCC(N)c1ccc(C(C)C)cc1.Cl. The van der Waals surface area contributed by atoms with Crippen LogP contribution in [0.15, 0.2) is 24.3 Å². The first kappa shape index (κ1) is 20.2. The molecular formula is C18H27ClN4O. The minimum atomic E-state index is -0.225. The van der Waals surface area contributed by atoms with Crippen LogP contribution in [0.4, 0.5) is 0 Å². The number of rotatable bonds is 5. The number of nitrogens with two attached hydrogens (primary N) is 1. The van der Waals surface area contributed by atoms with Crippen molar-refractivity contribution < 1.29 is 4.79 Å². The first-order valence-corrected chi connectivity index (χ1v) is 7.95. The predicted molar refractivity (Wildman–Crippen MR) is 99.7 cm³/mol. The average Bonchev–Trinajstić information content (AvgIpc) is 2.77. The monoisotopic (exact) mass is 350 g/mol. The quantitative estimate of drug-likeness (QED) is 0.870. The van der Waals surface area contributed by atoms with Crippen molar-refractivity contribution in [2.45, 2.75) is 39.7 Å². The van der Waals surface area contributed by atoms with Gasteiger partial charge in [-0.15, -0.1) is 12.4 Å². The van der Waals surface area contributed by atoms with Gasteiger partial charge in [0.25, 0.3) is 5.91 Å². The fraction of sp³-hybridized carbons (Fsp3) is 0.444. The Bertz CT molecular complexity index is 692. The van der Waals surface area contributed by atoms with Gasteiger partial charge < -0.3 is 11.1 Å². The molecule has 6 heteroatoms. The van der Waals surface area contributed by atoms with Gasteiger partial charge in [0.2, 0.25) is 0 Å². The summed E-state index contributed by atoms with van der Waals surface area (Å²) in [6.07, 6.45) is 0. The van der Waals surface area contributed by atoms with Crippen molar-refractivity contribution in [2.24, 2.45) is 12.8 Å². The number of aryl methyl sites for hydroxylation is 2. The lowest BCUT2D eigenvalue weighted by atomic mass is 9.99. The van der Waals surface area contributed by atoms with Crippen LogP contribution in [-0.4, -0.2) is 22.2 Å². The van der Waals surface area contributed by atoms with Crippen molar-refractivity contribution in [1.29, 1.82) is 0 Å². The number of nitrogens with zero attached hydrogens (tertiary/aromatic N) is 2. The first-order valence-electron chi connectivity index (χ1n) is 7.95. The van der Waals surface area contributed by atoms with E-state index >= 15 is 0 Å². The Morgan fingerprint density at radius 3 is 2.21 bits per heavy atom. The Labute approximate surface area is 150 Å². The molecule has 1 aromatic carbocycles. The van der Waals surface area contributed by atoms with E-state index in [1.807, 2.05) is 33.0 Å². The lowest BCUT2D eigenvalue weighted by Crippen LogP contribution is -2.32. The summed E-state index contributed by atoms with van der Waals surface area (Å²) < 4.78 is 1.72. The van der Waals surface area contributed by atoms with Gasteiger partial charge in [0, 0.05) is 25.3 Å². The normalized spacial score (nSPS) is 12.0. The molecule has 2 aromatic rings. The van der Waals surface area contributed by atoms with Gasteiger partial charge >= 0.3 is 0 Å². The number of aromatic nitrogens is 2. The molecule has 0 aliphatic heterocycles. The van der Waals surface area contributed by atoms with E-state index in [9.17, 15) is 4.79 Å². The molecule has 0 fully saturated rings. The largest absolute Gasteiger partial charge is 0.350 e. The van der Waals surface area contributed by atoms with E-state index in [-0.39, 0.29) is 24.4 Å². The molecular weight excluding hydrogens is 324 g/mol. The van der Waals surface area contributed by atoms with Gasteiger partial charge in [0.15, 0.2) is 0 Å². The van der Waals surface area contributed by atoms with Crippen LogP contribution in [0.5, 0.6) is 0 Å². The van der Waals surface area contributed by atoms with Crippen molar-refractivity contribution in [2.75, 3.05) is 6.54 Å². The third kappa shape index (κ3) is 4.36. The zero-order chi connectivity index (χ0) is 17.1. The fourth-order valence-corrected chi connectivity index (χ4v) is 2.64. The van der Waals surface area contributed by atoms with E-state index in [0.717, 1.165) is 17.0 Å². The van der Waals surface area contributed by atoms with Crippen molar-refractivity contribution in [3.05, 3.63) is 52.3 Å². The highest BCUT2D eigenvalue weighted by Crippen LogP contribution is 2.18. The van der Waals surface area contributed by atoms with Crippen molar-refractivity contribution in [3.8, 4) is 0 Å². The summed E-state index contributed by atoms with van der Waals surface area (Å²) in [5.41, 5.74) is 10.7. The topological polar surface area (TPSA) is 72.9 Å². The molecule has 0 aliphatic carbocycles. The van der Waals surface area contributed by atoms with Gasteiger partial charge in [-0.3, -0.25) is 9.48 Å². The van der Waals surface area contributed by atoms with Crippen LogP contribution in [0.3, 0.4) is 0 Å². The molecule has 1 amide bonds. The van der Waals surface area contributed by atoms with E-state index in [0.29, 0.717) is 18.0 Å². The van der Waals surface area contributed by atoms with Crippen molar-refractivity contribution >= 4 is 18.3 Å². The van der Waals surface area contributed by atoms with Crippen LogP contribution in [0.1, 0.15) is 58.7 Å². The summed E-state index contributed by atoms with van der Waals surface area (Å²) in [7, 11) is 1.83. The number of halogens is 1. The van der Waals surface area contributed by atoms with E-state index in [4.69, 9.17) is 5.73 Å². The minimum absolute atomic E-state index is 0. The molecule has 132 valence electrons. The number of hydrogen-bond acceptors (Lipinski definition) is 3. The van der Waals surface area contributed by atoms with Crippen LogP contribution in [0.25, 0.3) is 0 Å². The molecule has 1 atom stereocenters. The highest BCUT2D eigenvalue weighted by atomic mass is 35.5. The highest BCUT2D eigenvalue weighted by molar-refractivity contribution is 5.96. The summed E-state index contributed by atoms with van der Waals surface area (Å²) in [6, 6.07) is 8.03. The minimum Gasteiger partial charge on any atom is -0.350 e. The number of carbonyl (C=O) groups is 1. The smallest absolute Gasteiger partial charge is 0.255 e. The summed E-state index contributed by atoms with van der Waals surface area (Å²) >= 11 is 0. The Morgan fingerprint density at radius 2 is 1.75 bits per heavy atom. The molecule has 0 bridgehead atoms. The maximum atomic E-state index is 12.4. The van der Waals surface area contributed by atoms with E-state index in [1.165, 1.54) is 5.56 Å². The summed E-state index contributed by atoms with van der Waals surface area (Å²) in [6.45, 7) is 8.45. The molecule has 0 aliphatic rings. The standard InChI is InChI=1S/C18H26N4O.ClH/c1-11(2)14-6-8-15(9-7-14)16(19)10-20-18(23)17-12(3)21-22(5)13(17)4;/h6-9,11,16H,10,19H2,1-5H3,(H,20,23);1H. The zero-order valence-corrected chi connectivity index (χ0v) is 15.8. The second-order valence-electron chi connectivity index (χ2n) is 6.31. The zero-order valence-electron chi connectivity index (χ0n) is 15.0. The number of nitrogens with one attached hydrogen (secondary N) is 1. The summed E-state index contributed by atoms with van der Waals surface area (Å²) in [5, 5.41) is 7.18. The molecule has 0 saturated carbocycles. The molecule has 1 aromatic heterocycles. The van der Waals surface area contributed by atoms with Gasteiger partial charge in [-0.1, -0.05) is 38.1 Å². The van der Waals surface area contributed by atoms with Gasteiger partial charge in [-0.2, -0.15) is 5.10 Å². The lowest BCUT2D eigenvalue weighted by Gasteiger charge is -2.15. The van der Waals surface area contributed by atoms with Crippen LogP contribution in [0.2, 0.25) is 0 Å².